The zero-order valence-electron chi connectivity index (χ0n) is 7.72. The highest BCUT2D eigenvalue weighted by atomic mass is 32.1. The van der Waals surface area contributed by atoms with E-state index in [0.717, 1.165) is 0 Å². The summed E-state index contributed by atoms with van der Waals surface area (Å²) in [5.74, 6) is 0. The third-order valence-corrected chi connectivity index (χ3v) is 1.33. The summed E-state index contributed by atoms with van der Waals surface area (Å²) in [4.78, 5) is 1.56. The Morgan fingerprint density at radius 2 is 1.36 bits per heavy atom. The van der Waals surface area contributed by atoms with Gasteiger partial charge in [0.15, 0.2) is 0 Å². The Bertz CT molecular complexity index is 169. The molecule has 0 spiro atoms. The maximum atomic E-state index is 8.82. The highest BCUT2D eigenvalue weighted by Crippen LogP contribution is 1.85. The molecule has 0 saturated heterocycles. The van der Waals surface area contributed by atoms with Crippen molar-refractivity contribution in [2.75, 3.05) is 26.2 Å². The molecule has 0 radical (unpaired) electrons. The van der Waals surface area contributed by atoms with Crippen LogP contribution in [0.25, 0.3) is 0 Å². The van der Waals surface area contributed by atoms with Crippen molar-refractivity contribution in [3.8, 4) is 0 Å². The Kier molecular flexibility index (Phi) is 11.7. The second-order valence-electron chi connectivity index (χ2n) is 2.19. The summed E-state index contributed by atoms with van der Waals surface area (Å²) in [6, 6.07) is 0. The topological polar surface area (TPSA) is 122 Å². The second-order valence-corrected chi connectivity index (χ2v) is 2.97. The lowest BCUT2D eigenvalue weighted by Crippen LogP contribution is -2.37. The van der Waals surface area contributed by atoms with Crippen molar-refractivity contribution in [1.29, 1.82) is 0 Å². The molecule has 0 heterocycles. The fourth-order valence-electron chi connectivity index (χ4n) is 0.615. The van der Waals surface area contributed by atoms with Gasteiger partial charge in [-0.05, 0) is 24.4 Å². The van der Waals surface area contributed by atoms with E-state index in [-0.39, 0.29) is 5.17 Å². The zero-order valence-corrected chi connectivity index (χ0v) is 9.35. The quantitative estimate of drug-likeness (QED) is 0.390. The van der Waals surface area contributed by atoms with Crippen molar-refractivity contribution >= 4 is 34.8 Å². The van der Waals surface area contributed by atoms with Crippen molar-refractivity contribution in [3.63, 3.8) is 0 Å². The molecular formula is C6H16N4O2S2. The molecule has 8 N–H and O–H groups in total. The molecule has 0 aromatic carbocycles. The monoisotopic (exact) mass is 240 g/mol. The Labute approximate surface area is 93.7 Å². The molecule has 0 aliphatic carbocycles. The summed E-state index contributed by atoms with van der Waals surface area (Å²) < 4.78 is 0. The van der Waals surface area contributed by atoms with Gasteiger partial charge in [0.05, 0.1) is 0 Å². The first-order valence-electron chi connectivity index (χ1n) is 3.82. The number of aliphatic hydroxyl groups excluding tert-OH is 2. The normalized spacial score (nSPS) is 8.43. The molecule has 0 rings (SSSR count). The molecule has 0 aromatic rings. The number of nitrogens with two attached hydrogens (primary N) is 3. The molecule has 6 nitrogen and oxygen atoms in total. The van der Waals surface area contributed by atoms with E-state index in [4.69, 9.17) is 21.7 Å². The van der Waals surface area contributed by atoms with Crippen molar-refractivity contribution in [2.24, 2.45) is 17.2 Å². The first kappa shape index (κ1) is 15.8. The van der Waals surface area contributed by atoms with Gasteiger partial charge in [-0.1, -0.05) is 0 Å². The summed E-state index contributed by atoms with van der Waals surface area (Å²) in [5, 5.41) is 15.8. The minimum atomic E-state index is -0.500. The molecule has 8 heteroatoms. The average Bonchev–Trinajstić information content (AvgIpc) is 2.02. The molecule has 84 valence electrons. The van der Waals surface area contributed by atoms with Crippen LogP contribution in [0.3, 0.4) is 0 Å². The summed E-state index contributed by atoms with van der Waals surface area (Å²) >= 11 is 8.39. The molecule has 0 aromatic heterocycles. The number of hydrogen-bond acceptors (Lipinski definition) is 4. The lowest BCUT2D eigenvalue weighted by molar-refractivity contribution is 0.357. The van der Waals surface area contributed by atoms with Crippen LogP contribution in [0.1, 0.15) is 0 Å². The maximum Gasteiger partial charge on any atom is 0.256 e. The molecule has 0 fully saturated rings. The van der Waals surface area contributed by atoms with Gasteiger partial charge in [0, 0.05) is 26.2 Å². The third kappa shape index (κ3) is 13.9. The molecule has 0 amide bonds. The Morgan fingerprint density at radius 3 is 1.50 bits per heavy atom. The summed E-state index contributed by atoms with van der Waals surface area (Å²) in [6.45, 7) is 2.07. The molecule has 0 bridgehead atoms. The van der Waals surface area contributed by atoms with Gasteiger partial charge in [-0.25, -0.2) is 0 Å². The maximum absolute atomic E-state index is 8.82. The number of nitrogens with zero attached hydrogens (tertiary/aromatic N) is 1. The Morgan fingerprint density at radius 1 is 1.07 bits per heavy atom. The fourth-order valence-corrected chi connectivity index (χ4v) is 0.797. The predicted molar refractivity (Wildman–Crippen MR) is 64.3 cm³/mol. The molecule has 0 unspecified atom stereocenters. The smallest absolute Gasteiger partial charge is 0.256 e. The van der Waals surface area contributed by atoms with E-state index < -0.39 is 5.17 Å². The standard InChI is InChI=1S/C5H13N3OS.CH3NOS/c6-1-3-8(4-2-7)5(9)10;2-1(3)4/h1-4,6-7H2,(H,9,10);(H3,2,3,4). The highest BCUT2D eigenvalue weighted by Gasteiger charge is 2.03. The van der Waals surface area contributed by atoms with Crippen LogP contribution in [0.15, 0.2) is 0 Å². The lowest BCUT2D eigenvalue weighted by atomic mass is 10.5. The van der Waals surface area contributed by atoms with Gasteiger partial charge in [0.1, 0.15) is 0 Å². The minimum absolute atomic E-state index is 0.129. The molecule has 0 aliphatic rings. The van der Waals surface area contributed by atoms with Crippen molar-refractivity contribution in [2.45, 2.75) is 0 Å². The van der Waals surface area contributed by atoms with E-state index in [9.17, 15) is 0 Å². The third-order valence-electron chi connectivity index (χ3n) is 1.07. The molecule has 14 heavy (non-hydrogen) atoms. The largest absolute Gasteiger partial charge is 0.487 e. The SMILES string of the molecule is NC(O)=S.NCCN(CCN)C(O)=S. The van der Waals surface area contributed by atoms with E-state index in [1.165, 1.54) is 0 Å². The highest BCUT2D eigenvalue weighted by molar-refractivity contribution is 7.80. The Hall–Kier alpha value is -0.700. The van der Waals surface area contributed by atoms with Gasteiger partial charge in [-0.2, -0.15) is 0 Å². The fraction of sp³-hybridized carbons (Fsp3) is 0.667. The number of rotatable bonds is 4. The van der Waals surface area contributed by atoms with Crippen LogP contribution >= 0.6 is 24.4 Å². The van der Waals surface area contributed by atoms with Crippen LogP contribution in [0, 0.1) is 0 Å². The summed E-state index contributed by atoms with van der Waals surface area (Å²) in [6.07, 6.45) is 0. The van der Waals surface area contributed by atoms with Gasteiger partial charge < -0.3 is 32.3 Å². The molecular weight excluding hydrogens is 224 g/mol. The van der Waals surface area contributed by atoms with E-state index >= 15 is 0 Å². The molecule has 0 saturated carbocycles. The number of aliphatic hydroxyl groups is 2. The van der Waals surface area contributed by atoms with Gasteiger partial charge in [-0.3, -0.25) is 0 Å². The zero-order chi connectivity index (χ0) is 11.6. The first-order chi connectivity index (χ1) is 6.45. The van der Waals surface area contributed by atoms with E-state index in [1.54, 1.807) is 4.90 Å². The van der Waals surface area contributed by atoms with E-state index in [0.29, 0.717) is 26.2 Å². The van der Waals surface area contributed by atoms with Gasteiger partial charge >= 0.3 is 0 Å². The average molecular weight is 240 g/mol. The number of thiocarbonyl (C=S) groups is 2. The van der Waals surface area contributed by atoms with Crippen LogP contribution in [0.4, 0.5) is 0 Å². The van der Waals surface area contributed by atoms with Gasteiger partial charge in [0.25, 0.3) is 10.3 Å². The Balaban J connectivity index is 0. The predicted octanol–water partition coefficient (Wildman–Crippen LogP) is -1.16. The summed E-state index contributed by atoms with van der Waals surface area (Å²) in [5.41, 5.74) is 14.9. The van der Waals surface area contributed by atoms with E-state index in [1.807, 2.05) is 0 Å². The van der Waals surface area contributed by atoms with Gasteiger partial charge in [0.2, 0.25) is 0 Å². The van der Waals surface area contributed by atoms with Crippen LogP contribution in [-0.4, -0.2) is 51.6 Å². The van der Waals surface area contributed by atoms with E-state index in [2.05, 4.69) is 30.2 Å². The van der Waals surface area contributed by atoms with Crippen LogP contribution in [-0.2, 0) is 0 Å². The lowest BCUT2D eigenvalue weighted by Gasteiger charge is -2.18. The van der Waals surface area contributed by atoms with Gasteiger partial charge in [-0.15, -0.1) is 0 Å². The van der Waals surface area contributed by atoms with Crippen molar-refractivity contribution < 1.29 is 10.2 Å². The second kappa shape index (κ2) is 10.4. The van der Waals surface area contributed by atoms with Crippen LogP contribution in [0.2, 0.25) is 0 Å². The van der Waals surface area contributed by atoms with Crippen LogP contribution < -0.4 is 17.2 Å². The number of hydrogen-bond donors (Lipinski definition) is 5. The summed E-state index contributed by atoms with van der Waals surface area (Å²) in [7, 11) is 0. The van der Waals surface area contributed by atoms with Crippen molar-refractivity contribution in [3.05, 3.63) is 0 Å². The van der Waals surface area contributed by atoms with Crippen LogP contribution in [0.5, 0.6) is 0 Å². The molecule has 0 aliphatic heterocycles. The minimum Gasteiger partial charge on any atom is -0.487 e. The van der Waals surface area contributed by atoms with Crippen molar-refractivity contribution in [1.82, 2.24) is 4.90 Å². The first-order valence-corrected chi connectivity index (χ1v) is 4.63. The molecule has 0 atom stereocenters.